The molecule has 2 heterocycles. The minimum atomic E-state index is -0.647. The van der Waals surface area contributed by atoms with Crippen LogP contribution in [0.2, 0.25) is 0 Å². The summed E-state index contributed by atoms with van der Waals surface area (Å²) >= 11 is 1.39. The lowest BCUT2D eigenvalue weighted by molar-refractivity contribution is -0.385. The van der Waals surface area contributed by atoms with Gasteiger partial charge in [-0.3, -0.25) is 19.6 Å². The monoisotopic (exact) mass is 526 g/mol. The van der Waals surface area contributed by atoms with Crippen LogP contribution in [0.4, 0.5) is 10.7 Å². The minimum absolute atomic E-state index is 0.187. The maximum absolute atomic E-state index is 13.5. The molecule has 0 aliphatic heterocycles. The molecule has 0 spiro atoms. The fraction of sp³-hybridized carbons (Fsp3) is 0.667. The van der Waals surface area contributed by atoms with Crippen molar-refractivity contribution >= 4 is 33.9 Å². The van der Waals surface area contributed by atoms with Gasteiger partial charge < -0.3 is 10.1 Å². The van der Waals surface area contributed by atoms with Gasteiger partial charge in [-0.25, -0.2) is 4.79 Å². The largest absolute Gasteiger partial charge is 0.462 e. The van der Waals surface area contributed by atoms with E-state index in [2.05, 4.69) is 17.3 Å². The van der Waals surface area contributed by atoms with Crippen LogP contribution in [-0.4, -0.2) is 33.2 Å². The summed E-state index contributed by atoms with van der Waals surface area (Å²) in [5.74, 6) is 1.36. The fourth-order valence-electron chi connectivity index (χ4n) is 7.92. The molecule has 0 unspecified atom stereocenters. The molecule has 5 aliphatic rings. The topological polar surface area (TPSA) is 116 Å². The number of nitrogens with zero attached hydrogens (tertiary/aromatic N) is 3. The number of fused-ring (bicyclic) bond motifs is 1. The van der Waals surface area contributed by atoms with Crippen molar-refractivity contribution in [3.8, 4) is 0 Å². The molecule has 4 bridgehead atoms. The first-order valence-corrected chi connectivity index (χ1v) is 14.5. The highest BCUT2D eigenvalue weighted by Crippen LogP contribution is 2.58. The SMILES string of the molecule is CCOC(=O)c1c(NC(=O)c2nn(C34CC5CC(CC(C5)C3)C4)cc2[N+](=O)[O-])sc2c1CC[C@H](CC)C2. The molecule has 37 heavy (non-hydrogen) atoms. The van der Waals surface area contributed by atoms with Gasteiger partial charge in [0.05, 0.1) is 22.6 Å². The van der Waals surface area contributed by atoms with Crippen LogP contribution in [0.15, 0.2) is 6.20 Å². The van der Waals surface area contributed by atoms with Crippen LogP contribution in [0.1, 0.15) is 96.5 Å². The first-order valence-electron chi connectivity index (χ1n) is 13.7. The number of esters is 1. The summed E-state index contributed by atoms with van der Waals surface area (Å²) in [6.45, 7) is 4.15. The Morgan fingerprint density at radius 1 is 1.22 bits per heavy atom. The van der Waals surface area contributed by atoms with Gasteiger partial charge in [0.2, 0.25) is 5.69 Å². The minimum Gasteiger partial charge on any atom is -0.462 e. The van der Waals surface area contributed by atoms with Crippen LogP contribution in [0.3, 0.4) is 0 Å². The Labute approximate surface area is 220 Å². The molecule has 5 aliphatic carbocycles. The van der Waals surface area contributed by atoms with Crippen molar-refractivity contribution in [2.75, 3.05) is 11.9 Å². The Hall–Kier alpha value is -2.75. The molecule has 4 fully saturated rings. The van der Waals surface area contributed by atoms with E-state index in [-0.39, 0.29) is 23.5 Å². The molecule has 2 aromatic rings. The third-order valence-corrected chi connectivity index (χ3v) is 10.4. The van der Waals surface area contributed by atoms with E-state index in [9.17, 15) is 19.7 Å². The van der Waals surface area contributed by atoms with E-state index in [0.717, 1.165) is 55.4 Å². The maximum Gasteiger partial charge on any atom is 0.341 e. The van der Waals surface area contributed by atoms with Crippen molar-refractivity contribution in [3.05, 3.63) is 38.0 Å². The third-order valence-electron chi connectivity index (χ3n) is 9.25. The first kappa shape index (κ1) is 24.6. The lowest BCUT2D eigenvalue weighted by atomic mass is 9.53. The molecular weight excluding hydrogens is 492 g/mol. The smallest absolute Gasteiger partial charge is 0.341 e. The summed E-state index contributed by atoms with van der Waals surface area (Å²) in [6, 6.07) is 0. The lowest BCUT2D eigenvalue weighted by Gasteiger charge is -2.56. The molecule has 10 heteroatoms. The number of carbonyl (C=O) groups is 2. The average molecular weight is 527 g/mol. The zero-order valence-corrected chi connectivity index (χ0v) is 22.3. The number of hydrogen-bond donors (Lipinski definition) is 1. The van der Waals surface area contributed by atoms with E-state index in [1.165, 1.54) is 36.8 Å². The van der Waals surface area contributed by atoms with Crippen molar-refractivity contribution in [3.63, 3.8) is 0 Å². The first-order chi connectivity index (χ1) is 17.8. The number of nitro groups is 1. The molecule has 7 rings (SSSR count). The summed E-state index contributed by atoms with van der Waals surface area (Å²) in [5.41, 5.74) is 0.641. The van der Waals surface area contributed by atoms with E-state index < -0.39 is 16.8 Å². The molecule has 4 saturated carbocycles. The molecule has 198 valence electrons. The molecule has 0 aromatic carbocycles. The standard InChI is InChI=1S/C27H34N4O5S/c1-3-15-5-6-19-21(10-15)37-25(22(19)26(33)36-4-2)28-24(32)23-20(31(34)35)14-30(29-23)27-11-16-7-17(12-27)9-18(8-16)13-27/h14-18H,3-13H2,1-2H3,(H,28,32)/t15-,16?,17?,18?,27?/m0/s1. The van der Waals surface area contributed by atoms with Gasteiger partial charge in [-0.1, -0.05) is 13.3 Å². The van der Waals surface area contributed by atoms with Gasteiger partial charge in [-0.05, 0) is 93.9 Å². The summed E-state index contributed by atoms with van der Waals surface area (Å²) in [5, 5.41) is 19.8. The van der Waals surface area contributed by atoms with Crippen molar-refractivity contribution in [2.45, 2.75) is 83.6 Å². The van der Waals surface area contributed by atoms with E-state index in [1.807, 2.05) is 0 Å². The van der Waals surface area contributed by atoms with Gasteiger partial charge in [0.15, 0.2) is 0 Å². The third kappa shape index (κ3) is 4.17. The predicted molar refractivity (Wildman–Crippen MR) is 139 cm³/mol. The number of nitrogens with one attached hydrogen (secondary N) is 1. The highest BCUT2D eigenvalue weighted by Gasteiger charge is 2.53. The van der Waals surface area contributed by atoms with Crippen molar-refractivity contribution in [2.24, 2.45) is 23.7 Å². The summed E-state index contributed by atoms with van der Waals surface area (Å²) in [7, 11) is 0. The maximum atomic E-state index is 13.5. The van der Waals surface area contributed by atoms with Gasteiger partial charge >= 0.3 is 11.7 Å². The highest BCUT2D eigenvalue weighted by atomic mass is 32.1. The lowest BCUT2D eigenvalue weighted by Crippen LogP contribution is -2.52. The number of rotatable bonds is 7. The number of anilines is 1. The normalized spacial score (nSPS) is 29.7. The fourth-order valence-corrected chi connectivity index (χ4v) is 9.27. The average Bonchev–Trinajstić information content (AvgIpc) is 3.45. The number of hydrogen-bond acceptors (Lipinski definition) is 7. The quantitative estimate of drug-likeness (QED) is 0.280. The summed E-state index contributed by atoms with van der Waals surface area (Å²) in [4.78, 5) is 39.0. The van der Waals surface area contributed by atoms with Crippen molar-refractivity contribution in [1.82, 2.24) is 9.78 Å². The van der Waals surface area contributed by atoms with Gasteiger partial charge in [0.1, 0.15) is 11.2 Å². The molecule has 9 nitrogen and oxygen atoms in total. The Kier molecular flexibility index (Phi) is 6.12. The Balaban J connectivity index is 1.33. The summed E-state index contributed by atoms with van der Waals surface area (Å²) in [6.07, 6.45) is 11.8. The van der Waals surface area contributed by atoms with Crippen LogP contribution < -0.4 is 5.32 Å². The van der Waals surface area contributed by atoms with Gasteiger partial charge in [-0.15, -0.1) is 11.3 Å². The number of carbonyl (C=O) groups excluding carboxylic acids is 2. The molecule has 1 amide bonds. The highest BCUT2D eigenvalue weighted by molar-refractivity contribution is 7.17. The van der Waals surface area contributed by atoms with Gasteiger partial charge in [-0.2, -0.15) is 5.10 Å². The molecular formula is C27H34N4O5S. The molecule has 1 atom stereocenters. The van der Waals surface area contributed by atoms with Gasteiger partial charge in [0.25, 0.3) is 5.91 Å². The number of aromatic nitrogens is 2. The Bertz CT molecular complexity index is 1230. The second-order valence-electron chi connectivity index (χ2n) is 11.6. The van der Waals surface area contributed by atoms with E-state index in [0.29, 0.717) is 34.2 Å². The van der Waals surface area contributed by atoms with Crippen LogP contribution in [-0.2, 0) is 23.1 Å². The van der Waals surface area contributed by atoms with E-state index >= 15 is 0 Å². The van der Waals surface area contributed by atoms with E-state index in [4.69, 9.17) is 4.74 Å². The second kappa shape index (κ2) is 9.22. The number of amides is 1. The molecule has 0 radical (unpaired) electrons. The Morgan fingerprint density at radius 3 is 2.49 bits per heavy atom. The molecule has 2 aromatic heterocycles. The molecule has 1 N–H and O–H groups in total. The Morgan fingerprint density at radius 2 is 1.89 bits per heavy atom. The van der Waals surface area contributed by atoms with Crippen LogP contribution in [0.25, 0.3) is 0 Å². The van der Waals surface area contributed by atoms with Crippen LogP contribution in [0, 0.1) is 33.8 Å². The number of thiophene rings is 1. The summed E-state index contributed by atoms with van der Waals surface area (Å²) < 4.78 is 7.08. The zero-order valence-electron chi connectivity index (χ0n) is 21.5. The van der Waals surface area contributed by atoms with Gasteiger partial charge in [0, 0.05) is 4.88 Å². The van der Waals surface area contributed by atoms with Crippen molar-refractivity contribution < 1.29 is 19.2 Å². The van der Waals surface area contributed by atoms with E-state index in [1.54, 1.807) is 11.6 Å². The number of ether oxygens (including phenoxy) is 1. The second-order valence-corrected chi connectivity index (χ2v) is 12.7. The molecule has 0 saturated heterocycles. The zero-order chi connectivity index (χ0) is 25.9. The van der Waals surface area contributed by atoms with Crippen LogP contribution in [0.5, 0.6) is 0 Å². The van der Waals surface area contributed by atoms with Crippen molar-refractivity contribution in [1.29, 1.82) is 0 Å². The predicted octanol–water partition coefficient (Wildman–Crippen LogP) is 5.72. The van der Waals surface area contributed by atoms with Crippen LogP contribution >= 0.6 is 11.3 Å².